The van der Waals surface area contributed by atoms with E-state index in [1.807, 2.05) is 13.0 Å². The van der Waals surface area contributed by atoms with Crippen molar-refractivity contribution in [2.75, 3.05) is 0 Å². The molecule has 1 aliphatic heterocycles. The molecule has 2 heteroatoms. The fraction of sp³-hybridized carbons (Fsp3) is 0.438. The lowest BCUT2D eigenvalue weighted by molar-refractivity contribution is -0.138. The second-order valence-electron chi connectivity index (χ2n) is 5.69. The molecule has 3 atom stereocenters. The van der Waals surface area contributed by atoms with E-state index in [4.69, 9.17) is 4.74 Å². The van der Waals surface area contributed by atoms with Crippen LogP contribution in [0.25, 0.3) is 0 Å². The summed E-state index contributed by atoms with van der Waals surface area (Å²) in [6.45, 7) is 4.20. The van der Waals surface area contributed by atoms with Crippen LogP contribution in [0.15, 0.2) is 42.2 Å². The van der Waals surface area contributed by atoms with Crippen LogP contribution in [0.3, 0.4) is 0 Å². The summed E-state index contributed by atoms with van der Waals surface area (Å²) in [6.07, 6.45) is 4.27. The van der Waals surface area contributed by atoms with E-state index < -0.39 is 0 Å². The second-order valence-corrected chi connectivity index (χ2v) is 5.69. The molecule has 2 aliphatic rings. The summed E-state index contributed by atoms with van der Waals surface area (Å²) in [6, 6.07) is 10.5. The van der Waals surface area contributed by atoms with Crippen LogP contribution in [-0.2, 0) is 14.9 Å². The predicted molar refractivity (Wildman–Crippen MR) is 69.9 cm³/mol. The van der Waals surface area contributed by atoms with Gasteiger partial charge < -0.3 is 4.74 Å². The van der Waals surface area contributed by atoms with Crippen LogP contribution in [0.5, 0.6) is 0 Å². The third-order valence-electron chi connectivity index (χ3n) is 4.43. The summed E-state index contributed by atoms with van der Waals surface area (Å²) in [5, 5.41) is 0. The van der Waals surface area contributed by atoms with Crippen molar-refractivity contribution in [2.24, 2.45) is 11.8 Å². The van der Waals surface area contributed by atoms with Gasteiger partial charge in [-0.05, 0) is 24.5 Å². The number of hydrogen-bond donors (Lipinski definition) is 0. The van der Waals surface area contributed by atoms with E-state index in [2.05, 4.69) is 37.3 Å². The van der Waals surface area contributed by atoms with Gasteiger partial charge in [-0.3, -0.25) is 4.79 Å². The molecule has 1 saturated heterocycles. The Bertz CT molecular complexity index is 503. The van der Waals surface area contributed by atoms with Crippen molar-refractivity contribution in [3.8, 4) is 0 Å². The number of carbonyl (C=O) groups excluding carboxylic acids is 1. The number of benzene rings is 1. The normalized spacial score (nSPS) is 34.8. The Balaban J connectivity index is 1.98. The first-order valence-electron chi connectivity index (χ1n) is 6.60. The Labute approximate surface area is 108 Å². The van der Waals surface area contributed by atoms with Crippen molar-refractivity contribution in [2.45, 2.75) is 32.1 Å². The topological polar surface area (TPSA) is 26.3 Å². The molecule has 18 heavy (non-hydrogen) atoms. The van der Waals surface area contributed by atoms with Gasteiger partial charge >= 0.3 is 5.97 Å². The maximum Gasteiger partial charge on any atom is 0.314 e. The van der Waals surface area contributed by atoms with E-state index in [1.54, 1.807) is 0 Å². The predicted octanol–water partition coefficient (Wildman–Crippen LogP) is 3.43. The highest BCUT2D eigenvalue weighted by Crippen LogP contribution is 2.45. The molecule has 1 heterocycles. The van der Waals surface area contributed by atoms with Crippen molar-refractivity contribution >= 4 is 5.97 Å². The first-order valence-corrected chi connectivity index (χ1v) is 6.60. The fourth-order valence-electron chi connectivity index (χ4n) is 3.11. The number of allylic oxidation sites excluding steroid dienone is 2. The molecular weight excluding hydrogens is 224 g/mol. The van der Waals surface area contributed by atoms with E-state index in [0.29, 0.717) is 5.92 Å². The quantitative estimate of drug-likeness (QED) is 0.705. The highest BCUT2D eigenvalue weighted by atomic mass is 16.5. The molecule has 0 N–H and O–H groups in total. The van der Waals surface area contributed by atoms with Crippen LogP contribution in [0.4, 0.5) is 0 Å². The first kappa shape index (κ1) is 11.5. The standard InChI is InChI=1S/C16H18O2/c1-11-13-8-9-16(2,10-14(13)18-15(11)17)12-6-4-3-5-7-12/h3-7,10-11,13H,8-9H2,1-2H3. The molecule has 0 radical (unpaired) electrons. The number of esters is 1. The Hall–Kier alpha value is -1.57. The summed E-state index contributed by atoms with van der Waals surface area (Å²) in [4.78, 5) is 11.6. The number of ether oxygens (including phenoxy) is 1. The monoisotopic (exact) mass is 242 g/mol. The molecule has 1 aromatic rings. The summed E-state index contributed by atoms with van der Waals surface area (Å²) in [7, 11) is 0. The molecule has 1 fully saturated rings. The molecular formula is C16H18O2. The summed E-state index contributed by atoms with van der Waals surface area (Å²) < 4.78 is 5.42. The van der Waals surface area contributed by atoms with Crippen molar-refractivity contribution in [3.63, 3.8) is 0 Å². The molecule has 94 valence electrons. The zero-order valence-electron chi connectivity index (χ0n) is 10.8. The maximum atomic E-state index is 11.6. The average Bonchev–Trinajstić information content (AvgIpc) is 2.65. The van der Waals surface area contributed by atoms with Gasteiger partial charge in [-0.1, -0.05) is 44.2 Å². The van der Waals surface area contributed by atoms with Gasteiger partial charge in [-0.25, -0.2) is 0 Å². The minimum atomic E-state index is -0.0661. The van der Waals surface area contributed by atoms with Crippen molar-refractivity contribution in [1.82, 2.24) is 0 Å². The van der Waals surface area contributed by atoms with Crippen LogP contribution >= 0.6 is 0 Å². The Morgan fingerprint density at radius 2 is 2.00 bits per heavy atom. The molecule has 3 rings (SSSR count). The third kappa shape index (κ3) is 1.67. The van der Waals surface area contributed by atoms with Crippen LogP contribution in [0.1, 0.15) is 32.3 Å². The smallest absolute Gasteiger partial charge is 0.314 e. The lowest BCUT2D eigenvalue weighted by atomic mass is 9.70. The Kier molecular flexibility index (Phi) is 2.54. The number of fused-ring (bicyclic) bond motifs is 1. The second kappa shape index (κ2) is 3.98. The summed E-state index contributed by atoms with van der Waals surface area (Å²) in [5.41, 5.74) is 1.30. The number of hydrogen-bond acceptors (Lipinski definition) is 2. The molecule has 2 nitrogen and oxygen atoms in total. The van der Waals surface area contributed by atoms with Crippen LogP contribution in [0, 0.1) is 11.8 Å². The van der Waals surface area contributed by atoms with Crippen molar-refractivity contribution < 1.29 is 9.53 Å². The molecule has 3 unspecified atom stereocenters. The third-order valence-corrected chi connectivity index (χ3v) is 4.43. The molecule has 0 spiro atoms. The van der Waals surface area contributed by atoms with E-state index in [-0.39, 0.29) is 17.3 Å². The first-order chi connectivity index (χ1) is 8.60. The van der Waals surface area contributed by atoms with Gasteiger partial charge in [0.25, 0.3) is 0 Å². The van der Waals surface area contributed by atoms with Gasteiger partial charge in [-0.15, -0.1) is 0 Å². The molecule has 1 aromatic carbocycles. The van der Waals surface area contributed by atoms with Crippen molar-refractivity contribution in [3.05, 3.63) is 47.7 Å². The maximum absolute atomic E-state index is 11.6. The highest BCUT2D eigenvalue weighted by Gasteiger charge is 2.43. The average molecular weight is 242 g/mol. The Morgan fingerprint density at radius 1 is 1.28 bits per heavy atom. The minimum absolute atomic E-state index is 0.00255. The van der Waals surface area contributed by atoms with Crippen LogP contribution < -0.4 is 0 Å². The lowest BCUT2D eigenvalue weighted by Crippen LogP contribution is -2.27. The van der Waals surface area contributed by atoms with E-state index >= 15 is 0 Å². The SMILES string of the molecule is CC1C(=O)OC2=CC(C)(c3ccccc3)CCC21. The van der Waals surface area contributed by atoms with Gasteiger partial charge in [0.1, 0.15) is 5.76 Å². The van der Waals surface area contributed by atoms with Gasteiger partial charge in [0.05, 0.1) is 5.92 Å². The van der Waals surface area contributed by atoms with E-state index in [1.165, 1.54) is 5.56 Å². The highest BCUT2D eigenvalue weighted by molar-refractivity contribution is 5.77. The largest absolute Gasteiger partial charge is 0.431 e. The molecule has 0 saturated carbocycles. The lowest BCUT2D eigenvalue weighted by Gasteiger charge is -2.33. The van der Waals surface area contributed by atoms with Gasteiger partial charge in [0.2, 0.25) is 0 Å². The number of rotatable bonds is 1. The van der Waals surface area contributed by atoms with Gasteiger partial charge in [-0.2, -0.15) is 0 Å². The summed E-state index contributed by atoms with van der Waals surface area (Å²) >= 11 is 0. The van der Waals surface area contributed by atoms with Crippen LogP contribution in [-0.4, -0.2) is 5.97 Å². The molecule has 0 amide bonds. The van der Waals surface area contributed by atoms with Crippen molar-refractivity contribution in [1.29, 1.82) is 0 Å². The zero-order valence-corrected chi connectivity index (χ0v) is 10.8. The molecule has 1 aliphatic carbocycles. The fourth-order valence-corrected chi connectivity index (χ4v) is 3.11. The van der Waals surface area contributed by atoms with Gasteiger partial charge in [0, 0.05) is 11.3 Å². The molecule has 0 bridgehead atoms. The summed E-state index contributed by atoms with van der Waals surface area (Å²) in [5.74, 6) is 1.15. The zero-order chi connectivity index (χ0) is 12.8. The Morgan fingerprint density at radius 3 is 2.72 bits per heavy atom. The van der Waals surface area contributed by atoms with E-state index in [9.17, 15) is 4.79 Å². The molecule has 0 aromatic heterocycles. The minimum Gasteiger partial charge on any atom is -0.431 e. The van der Waals surface area contributed by atoms with Gasteiger partial charge in [0.15, 0.2) is 0 Å². The van der Waals surface area contributed by atoms with Crippen LogP contribution in [0.2, 0.25) is 0 Å². The van der Waals surface area contributed by atoms with E-state index in [0.717, 1.165) is 18.6 Å². The number of carbonyl (C=O) groups is 1.